The third-order valence-electron chi connectivity index (χ3n) is 5.16. The number of carboxylic acids is 1. The summed E-state index contributed by atoms with van der Waals surface area (Å²) in [6.07, 6.45) is 0.881. The topological polar surface area (TPSA) is 182 Å². The lowest BCUT2D eigenvalue weighted by Crippen LogP contribution is -2.58. The molecule has 1 heterocycles. The number of carbonyl (C=O) groups excluding carboxylic acids is 3. The lowest BCUT2D eigenvalue weighted by molar-refractivity contribution is -0.149. The minimum atomic E-state index is -1.24. The molecule has 1 aliphatic heterocycles. The van der Waals surface area contributed by atoms with E-state index in [9.17, 15) is 29.4 Å². The van der Waals surface area contributed by atoms with Crippen LogP contribution >= 0.6 is 12.6 Å². The molecule has 0 aliphatic carbocycles. The van der Waals surface area contributed by atoms with Crippen LogP contribution in [0.5, 0.6) is 5.75 Å². The summed E-state index contributed by atoms with van der Waals surface area (Å²) in [5.41, 5.74) is 6.14. The second-order valence-corrected chi connectivity index (χ2v) is 7.86. The van der Waals surface area contributed by atoms with Crippen molar-refractivity contribution in [2.45, 2.75) is 43.4 Å². The molecule has 4 atom stereocenters. The van der Waals surface area contributed by atoms with E-state index in [0.29, 0.717) is 18.4 Å². The van der Waals surface area contributed by atoms with Gasteiger partial charge in [-0.05, 0) is 30.5 Å². The number of rotatable bonds is 10. The summed E-state index contributed by atoms with van der Waals surface area (Å²) in [5, 5.41) is 32.8. The van der Waals surface area contributed by atoms with Gasteiger partial charge in [0.15, 0.2) is 0 Å². The first-order valence-electron chi connectivity index (χ1n) is 10.1. The van der Waals surface area contributed by atoms with E-state index in [1.54, 1.807) is 12.1 Å². The van der Waals surface area contributed by atoms with Crippen molar-refractivity contribution in [2.75, 3.05) is 18.9 Å². The number of amides is 3. The Morgan fingerprint density at radius 1 is 1.12 bits per heavy atom. The van der Waals surface area contributed by atoms with Gasteiger partial charge in [-0.25, -0.2) is 4.79 Å². The summed E-state index contributed by atoms with van der Waals surface area (Å²) in [4.78, 5) is 50.6. The Morgan fingerprint density at radius 2 is 1.75 bits per heavy atom. The Balaban J connectivity index is 2.16. The van der Waals surface area contributed by atoms with Crippen LogP contribution in [0.2, 0.25) is 0 Å². The largest absolute Gasteiger partial charge is 0.508 e. The molecule has 1 fully saturated rings. The van der Waals surface area contributed by atoms with E-state index in [2.05, 4.69) is 23.3 Å². The Labute approximate surface area is 190 Å². The zero-order chi connectivity index (χ0) is 23.8. The Morgan fingerprint density at radius 3 is 2.31 bits per heavy atom. The number of aliphatic hydroxyl groups excluding tert-OH is 1. The van der Waals surface area contributed by atoms with Crippen LogP contribution in [-0.2, 0) is 25.6 Å². The van der Waals surface area contributed by atoms with Gasteiger partial charge < -0.3 is 36.6 Å². The number of hydrogen-bond donors (Lipinski definition) is 7. The van der Waals surface area contributed by atoms with Crippen molar-refractivity contribution in [1.82, 2.24) is 15.5 Å². The van der Waals surface area contributed by atoms with Gasteiger partial charge >= 0.3 is 5.97 Å². The number of nitrogens with two attached hydrogens (primary N) is 1. The highest BCUT2D eigenvalue weighted by Crippen LogP contribution is 2.19. The maximum absolute atomic E-state index is 13.0. The predicted molar refractivity (Wildman–Crippen MR) is 117 cm³/mol. The minimum absolute atomic E-state index is 0.0188. The maximum atomic E-state index is 13.0. The van der Waals surface area contributed by atoms with E-state index in [0.717, 1.165) is 0 Å². The molecular weight excluding hydrogens is 440 g/mol. The smallest absolute Gasteiger partial charge is 0.326 e. The van der Waals surface area contributed by atoms with E-state index in [1.807, 2.05) is 0 Å². The molecule has 12 heteroatoms. The van der Waals surface area contributed by atoms with Crippen LogP contribution in [-0.4, -0.2) is 87.0 Å². The summed E-state index contributed by atoms with van der Waals surface area (Å²) in [6, 6.07) is 1.53. The number of phenols is 1. The minimum Gasteiger partial charge on any atom is -0.508 e. The molecule has 0 radical (unpaired) electrons. The number of thiol groups is 1. The van der Waals surface area contributed by atoms with Gasteiger partial charge in [0.2, 0.25) is 17.7 Å². The summed E-state index contributed by atoms with van der Waals surface area (Å²) < 4.78 is 0. The first-order chi connectivity index (χ1) is 15.2. The summed E-state index contributed by atoms with van der Waals surface area (Å²) >= 11 is 4.12. The molecule has 176 valence electrons. The molecule has 1 aliphatic rings. The number of nitrogens with one attached hydrogen (secondary N) is 2. The molecule has 11 nitrogen and oxygen atoms in total. The maximum Gasteiger partial charge on any atom is 0.326 e. The standard InChI is InChI=1S/C20H28N4O7S/c21-13(9-25)17(27)22-14(8-11-3-5-12(26)6-4-11)18(28)23-15(10-32)19(29)24-7-1-2-16(24)20(30)31/h3-6,13-16,25-26,32H,1-2,7-10,21H2,(H,22,27)(H,23,28)(H,30,31). The van der Waals surface area contributed by atoms with Crippen LogP contribution in [0.1, 0.15) is 18.4 Å². The van der Waals surface area contributed by atoms with Crippen molar-refractivity contribution >= 4 is 36.3 Å². The average molecular weight is 469 g/mol. The molecule has 0 bridgehead atoms. The molecule has 32 heavy (non-hydrogen) atoms. The van der Waals surface area contributed by atoms with Gasteiger partial charge in [-0.15, -0.1) is 0 Å². The Hall–Kier alpha value is -2.83. The highest BCUT2D eigenvalue weighted by Gasteiger charge is 2.38. The quantitative estimate of drug-likeness (QED) is 0.197. The normalized spacial score (nSPS) is 18.5. The number of carboxylic acid groups (broad SMARTS) is 1. The van der Waals surface area contributed by atoms with Crippen molar-refractivity contribution in [2.24, 2.45) is 5.73 Å². The van der Waals surface area contributed by atoms with Crippen molar-refractivity contribution in [3.8, 4) is 5.75 Å². The lowest BCUT2D eigenvalue weighted by Gasteiger charge is -2.28. The van der Waals surface area contributed by atoms with Gasteiger partial charge in [0.05, 0.1) is 6.61 Å². The van der Waals surface area contributed by atoms with Gasteiger partial charge in [0.25, 0.3) is 0 Å². The van der Waals surface area contributed by atoms with Crippen LogP contribution in [0.15, 0.2) is 24.3 Å². The van der Waals surface area contributed by atoms with Crippen molar-refractivity contribution in [3.05, 3.63) is 29.8 Å². The first kappa shape index (κ1) is 25.4. The number of hydrogen-bond acceptors (Lipinski definition) is 8. The molecule has 7 N–H and O–H groups in total. The van der Waals surface area contributed by atoms with Gasteiger partial charge in [-0.2, -0.15) is 12.6 Å². The number of nitrogens with zero attached hydrogens (tertiary/aromatic N) is 1. The number of carbonyl (C=O) groups is 4. The number of aliphatic carboxylic acids is 1. The van der Waals surface area contributed by atoms with Crippen LogP contribution in [0, 0.1) is 0 Å². The zero-order valence-electron chi connectivity index (χ0n) is 17.3. The lowest BCUT2D eigenvalue weighted by atomic mass is 10.0. The fourth-order valence-corrected chi connectivity index (χ4v) is 3.63. The molecule has 0 aromatic heterocycles. The number of likely N-dealkylation sites (tertiary alicyclic amines) is 1. The summed E-state index contributed by atoms with van der Waals surface area (Å²) in [5.74, 6) is -3.19. The van der Waals surface area contributed by atoms with Gasteiger partial charge in [0, 0.05) is 18.7 Å². The van der Waals surface area contributed by atoms with Gasteiger partial charge in [0.1, 0.15) is 29.9 Å². The molecule has 1 saturated heterocycles. The summed E-state index contributed by atoms with van der Waals surface area (Å²) in [7, 11) is 0. The molecule has 1 aromatic carbocycles. The zero-order valence-corrected chi connectivity index (χ0v) is 18.2. The third kappa shape index (κ3) is 6.58. The Bertz CT molecular complexity index is 836. The molecule has 0 saturated carbocycles. The molecule has 4 unspecified atom stereocenters. The Kier molecular flexibility index (Phi) is 9.29. The second kappa shape index (κ2) is 11.7. The van der Waals surface area contributed by atoms with Crippen molar-refractivity contribution in [1.29, 1.82) is 0 Å². The molecule has 0 spiro atoms. The summed E-state index contributed by atoms with van der Waals surface area (Å²) in [6.45, 7) is -0.363. The van der Waals surface area contributed by atoms with Gasteiger partial charge in [-0.3, -0.25) is 14.4 Å². The van der Waals surface area contributed by atoms with E-state index in [-0.39, 0.29) is 24.5 Å². The fourth-order valence-electron chi connectivity index (χ4n) is 3.38. The van der Waals surface area contributed by atoms with E-state index in [1.165, 1.54) is 17.0 Å². The van der Waals surface area contributed by atoms with Gasteiger partial charge in [-0.1, -0.05) is 12.1 Å². The van der Waals surface area contributed by atoms with Crippen LogP contribution in [0.4, 0.5) is 0 Å². The second-order valence-electron chi connectivity index (χ2n) is 7.49. The molecule has 2 rings (SSSR count). The van der Waals surface area contributed by atoms with Crippen molar-refractivity contribution in [3.63, 3.8) is 0 Å². The van der Waals surface area contributed by atoms with Crippen LogP contribution in [0.25, 0.3) is 0 Å². The van der Waals surface area contributed by atoms with Crippen molar-refractivity contribution < 1.29 is 34.5 Å². The monoisotopic (exact) mass is 468 g/mol. The third-order valence-corrected chi connectivity index (χ3v) is 5.53. The number of aliphatic hydroxyl groups is 1. The van der Waals surface area contributed by atoms with Crippen LogP contribution in [0.3, 0.4) is 0 Å². The number of benzene rings is 1. The molecule has 3 amide bonds. The fraction of sp³-hybridized carbons (Fsp3) is 0.500. The van der Waals surface area contributed by atoms with E-state index in [4.69, 9.17) is 10.8 Å². The number of aromatic hydroxyl groups is 1. The highest BCUT2D eigenvalue weighted by atomic mass is 32.1. The molecule has 1 aromatic rings. The van der Waals surface area contributed by atoms with E-state index >= 15 is 0 Å². The highest BCUT2D eigenvalue weighted by molar-refractivity contribution is 7.80. The van der Waals surface area contributed by atoms with E-state index < -0.39 is 54.5 Å². The number of phenolic OH excluding ortho intramolecular Hbond substituents is 1. The molecular formula is C20H28N4O7S. The average Bonchev–Trinajstić information content (AvgIpc) is 3.27. The predicted octanol–water partition coefficient (Wildman–Crippen LogP) is -1.77. The first-order valence-corrected chi connectivity index (χ1v) is 10.7. The van der Waals surface area contributed by atoms with Crippen LogP contribution < -0.4 is 16.4 Å². The SMILES string of the molecule is NC(CO)C(=O)NC(Cc1ccc(O)cc1)C(=O)NC(CS)C(=O)N1CCCC1C(=O)O.